The summed E-state index contributed by atoms with van der Waals surface area (Å²) in [5, 5.41) is 8.88. The summed E-state index contributed by atoms with van der Waals surface area (Å²) in [7, 11) is 0. The topological polar surface area (TPSA) is 51.1 Å². The van der Waals surface area contributed by atoms with Gasteiger partial charge in [-0.2, -0.15) is 5.32 Å². The molecule has 0 saturated heterocycles. The first-order chi connectivity index (χ1) is 21.9. The molecule has 0 spiro atoms. The predicted molar refractivity (Wildman–Crippen MR) is 188 cm³/mol. The number of fused-ring (bicyclic) bond motifs is 4. The maximum absolute atomic E-state index is 13.0. The summed E-state index contributed by atoms with van der Waals surface area (Å²) in [5.41, 5.74) is 4.26. The molecule has 45 heavy (non-hydrogen) atoms. The molecule has 0 atom stereocenters. The number of halogens is 3. The summed E-state index contributed by atoms with van der Waals surface area (Å²) in [5.74, 6) is -0.0472. The van der Waals surface area contributed by atoms with Crippen molar-refractivity contribution < 1.29 is 9.59 Å². The van der Waals surface area contributed by atoms with Crippen LogP contribution in [-0.2, 0) is 0 Å². The number of rotatable bonds is 2. The Morgan fingerprint density at radius 2 is 1.22 bits per heavy atom. The van der Waals surface area contributed by atoms with E-state index in [4.69, 9.17) is 34.8 Å². The van der Waals surface area contributed by atoms with Gasteiger partial charge in [-0.3, -0.25) is 14.2 Å². The lowest BCUT2D eigenvalue weighted by Crippen LogP contribution is -2.11. The molecule has 6 aromatic carbocycles. The van der Waals surface area contributed by atoms with Gasteiger partial charge in [0, 0.05) is 33.8 Å². The average molecular weight is 647 g/mol. The fraction of sp³-hybridized carbons (Fsp3) is 0. The van der Waals surface area contributed by atoms with Gasteiger partial charge in [-0.25, -0.2) is 0 Å². The van der Waals surface area contributed by atoms with Gasteiger partial charge in [0.05, 0.1) is 16.6 Å². The number of nitrogens with zero attached hydrogens (tertiary/aromatic N) is 1. The number of benzene rings is 6. The van der Waals surface area contributed by atoms with E-state index in [1.54, 1.807) is 16.8 Å². The summed E-state index contributed by atoms with van der Waals surface area (Å²) in [6.45, 7) is 0. The number of anilines is 1. The molecular formula is C38H24Cl3N2O2+. The molecule has 0 amide bonds. The lowest BCUT2D eigenvalue weighted by Gasteiger charge is -2.08. The Bertz CT molecular complexity index is 2230. The second-order valence-corrected chi connectivity index (χ2v) is 11.4. The van der Waals surface area contributed by atoms with Gasteiger partial charge in [0.1, 0.15) is 12.3 Å². The first kappa shape index (κ1) is 30.1. The second kappa shape index (κ2) is 13.4. The standard InChI is InChI=1S/C19H12ClNO.C11H7ClO.C8H5ClN/c20-15-9-8-14-10-11-21(18(14)12-15)19(22)17-7-3-5-13-4-1-2-6-16(13)17;12-11(13)10-7-3-5-8-4-1-2-6-9(8)10;9-7-2-1-6-3-4-10-8(6)5-7/h1-12H;1-7H;1-3,5,10H/q;;+1. The molecule has 218 valence electrons. The van der Waals surface area contributed by atoms with E-state index >= 15 is 0 Å². The summed E-state index contributed by atoms with van der Waals surface area (Å²) >= 11 is 17.3. The van der Waals surface area contributed by atoms with E-state index in [0.717, 1.165) is 48.7 Å². The summed E-state index contributed by atoms with van der Waals surface area (Å²) in [6, 6.07) is 40.1. The molecule has 0 unspecified atom stereocenters. The van der Waals surface area contributed by atoms with E-state index in [0.29, 0.717) is 16.1 Å². The van der Waals surface area contributed by atoms with Gasteiger partial charge in [0.25, 0.3) is 11.1 Å². The minimum absolute atomic E-state index is 0.0472. The summed E-state index contributed by atoms with van der Waals surface area (Å²) in [4.78, 5) is 24.0. The maximum atomic E-state index is 13.0. The van der Waals surface area contributed by atoms with Crippen LogP contribution in [0.1, 0.15) is 26.3 Å². The van der Waals surface area contributed by atoms with Crippen LogP contribution in [0, 0.1) is 6.20 Å². The quantitative estimate of drug-likeness (QED) is 0.150. The molecule has 0 bridgehead atoms. The van der Waals surface area contributed by atoms with Crippen LogP contribution >= 0.6 is 34.8 Å². The van der Waals surface area contributed by atoms with Crippen molar-refractivity contribution in [3.8, 4) is 0 Å². The highest BCUT2D eigenvalue weighted by atomic mass is 35.5. The highest BCUT2D eigenvalue weighted by Crippen LogP contribution is 2.26. The average Bonchev–Trinajstić information content (AvgIpc) is 3.71. The van der Waals surface area contributed by atoms with Crippen LogP contribution in [-0.4, -0.2) is 15.7 Å². The van der Waals surface area contributed by atoms with E-state index in [1.807, 2.05) is 127 Å². The fourth-order valence-electron chi connectivity index (χ4n) is 5.17. The molecule has 0 aliphatic carbocycles. The maximum Gasteiger partial charge on any atom is 0.262 e. The molecule has 1 N–H and O–H groups in total. The van der Waals surface area contributed by atoms with Gasteiger partial charge >= 0.3 is 0 Å². The molecule has 4 nitrogen and oxygen atoms in total. The zero-order valence-corrected chi connectivity index (χ0v) is 25.9. The molecule has 0 saturated carbocycles. The second-order valence-electron chi connectivity index (χ2n) is 10.2. The van der Waals surface area contributed by atoms with E-state index in [2.05, 4.69) is 11.5 Å². The Balaban J connectivity index is 0.000000131. The normalized spacial score (nSPS) is 11.1. The van der Waals surface area contributed by atoms with Crippen LogP contribution in [0.15, 0.2) is 134 Å². The lowest BCUT2D eigenvalue weighted by atomic mass is 10.0. The molecule has 1 aliphatic rings. The number of hydrogen-bond acceptors (Lipinski definition) is 3. The Morgan fingerprint density at radius 3 is 1.93 bits per heavy atom. The van der Waals surface area contributed by atoms with Crippen molar-refractivity contribution in [3.05, 3.63) is 167 Å². The van der Waals surface area contributed by atoms with Gasteiger partial charge in [0.15, 0.2) is 11.3 Å². The highest BCUT2D eigenvalue weighted by Gasteiger charge is 2.16. The van der Waals surface area contributed by atoms with Gasteiger partial charge in [-0.05, 0) is 69.5 Å². The minimum atomic E-state index is -0.406. The van der Waals surface area contributed by atoms with Crippen molar-refractivity contribution in [2.75, 3.05) is 5.32 Å². The van der Waals surface area contributed by atoms with Gasteiger partial charge in [0.2, 0.25) is 0 Å². The van der Waals surface area contributed by atoms with E-state index in [9.17, 15) is 9.59 Å². The fourth-order valence-corrected chi connectivity index (χ4v) is 5.67. The molecular weight excluding hydrogens is 623 g/mol. The number of hydrogen-bond donors (Lipinski definition) is 1. The minimum Gasteiger partial charge on any atom is -0.283 e. The molecule has 7 heteroatoms. The van der Waals surface area contributed by atoms with Crippen LogP contribution in [0.3, 0.4) is 0 Å². The molecule has 8 rings (SSSR count). The highest BCUT2D eigenvalue weighted by molar-refractivity contribution is 6.68. The third-order valence-electron chi connectivity index (χ3n) is 7.35. The van der Waals surface area contributed by atoms with Crippen molar-refractivity contribution in [1.82, 2.24) is 4.57 Å². The zero-order valence-electron chi connectivity index (χ0n) is 23.7. The number of carbonyl (C=O) groups excluding carboxylic acids is 2. The number of carbonyl (C=O) groups is 2. The Kier molecular flexibility index (Phi) is 8.93. The van der Waals surface area contributed by atoms with Gasteiger partial charge in [-0.1, -0.05) is 102 Å². The lowest BCUT2D eigenvalue weighted by molar-refractivity contribution is 0.0966. The van der Waals surface area contributed by atoms with Gasteiger partial charge in [-0.15, -0.1) is 0 Å². The van der Waals surface area contributed by atoms with E-state index in [1.165, 1.54) is 0 Å². The van der Waals surface area contributed by atoms with Crippen molar-refractivity contribution in [3.63, 3.8) is 0 Å². The zero-order chi connectivity index (χ0) is 31.3. The molecule has 1 aliphatic heterocycles. The molecule has 1 aromatic heterocycles. The first-order valence-electron chi connectivity index (χ1n) is 14.0. The molecule has 2 heterocycles. The Morgan fingerprint density at radius 1 is 0.622 bits per heavy atom. The van der Waals surface area contributed by atoms with E-state index < -0.39 is 5.24 Å². The Hall–Kier alpha value is -4.96. The smallest absolute Gasteiger partial charge is 0.262 e. The Labute approximate surface area is 275 Å². The van der Waals surface area contributed by atoms with Crippen LogP contribution in [0.5, 0.6) is 0 Å². The third-order valence-corrected chi connectivity index (χ3v) is 8.02. The third kappa shape index (κ3) is 6.61. The van der Waals surface area contributed by atoms with E-state index in [-0.39, 0.29) is 5.91 Å². The van der Waals surface area contributed by atoms with Crippen molar-refractivity contribution in [2.45, 2.75) is 0 Å². The predicted octanol–water partition coefficient (Wildman–Crippen LogP) is 10.9. The number of aromatic nitrogens is 1. The van der Waals surface area contributed by atoms with Crippen molar-refractivity contribution in [1.29, 1.82) is 0 Å². The van der Waals surface area contributed by atoms with Crippen LogP contribution in [0.25, 0.3) is 38.5 Å². The largest absolute Gasteiger partial charge is 0.283 e. The van der Waals surface area contributed by atoms with Crippen molar-refractivity contribution >= 4 is 90.2 Å². The number of nitrogens with one attached hydrogen (secondary N) is 1. The van der Waals surface area contributed by atoms with Crippen LogP contribution in [0.2, 0.25) is 10.0 Å². The van der Waals surface area contributed by atoms with Crippen LogP contribution < -0.4 is 5.32 Å². The molecule has 0 radical (unpaired) electrons. The SMILES string of the molecule is Clc1ccc2c(c1)N[C+]=C2.O=C(Cl)c1cccc2ccccc12.O=C(c1cccc2ccccc12)n1ccc2ccc(Cl)cc21. The molecule has 0 fully saturated rings. The van der Waals surface area contributed by atoms with Crippen LogP contribution in [0.4, 0.5) is 5.69 Å². The van der Waals surface area contributed by atoms with Gasteiger partial charge < -0.3 is 0 Å². The summed E-state index contributed by atoms with van der Waals surface area (Å²) in [6.07, 6.45) is 6.57. The summed E-state index contributed by atoms with van der Waals surface area (Å²) < 4.78 is 1.66. The monoisotopic (exact) mass is 645 g/mol. The van der Waals surface area contributed by atoms with Crippen molar-refractivity contribution in [2.24, 2.45) is 0 Å². The first-order valence-corrected chi connectivity index (χ1v) is 15.1. The molecule has 7 aromatic rings.